The van der Waals surface area contributed by atoms with Crippen LogP contribution in [0, 0.1) is 12.7 Å². The van der Waals surface area contributed by atoms with E-state index in [1.54, 1.807) is 6.07 Å². The molecule has 1 aromatic carbocycles. The zero-order valence-electron chi connectivity index (χ0n) is 13.6. The Morgan fingerprint density at radius 1 is 1.05 bits per heavy atom. The molecule has 21 heavy (non-hydrogen) atoms. The molecule has 3 heteroatoms. The molecule has 0 aliphatic heterocycles. The second kappa shape index (κ2) is 10.7. The molecular weight excluding hydrogens is 263 g/mol. The summed E-state index contributed by atoms with van der Waals surface area (Å²) in [7, 11) is 0. The summed E-state index contributed by atoms with van der Waals surface area (Å²) in [6, 6.07) is 5.14. The zero-order valence-corrected chi connectivity index (χ0v) is 13.6. The molecule has 0 aliphatic carbocycles. The lowest BCUT2D eigenvalue weighted by Gasteiger charge is -2.17. The van der Waals surface area contributed by atoms with E-state index in [0.717, 1.165) is 18.4 Å². The number of nitrogens with two attached hydrogens (primary N) is 1. The van der Waals surface area contributed by atoms with Gasteiger partial charge in [0.1, 0.15) is 5.82 Å². The van der Waals surface area contributed by atoms with Gasteiger partial charge >= 0.3 is 0 Å². The Bertz CT molecular complexity index is 393. The van der Waals surface area contributed by atoms with Crippen molar-refractivity contribution < 1.29 is 4.39 Å². The monoisotopic (exact) mass is 294 g/mol. The van der Waals surface area contributed by atoms with E-state index in [-0.39, 0.29) is 11.9 Å². The fourth-order valence-electron chi connectivity index (χ4n) is 2.74. The Morgan fingerprint density at radius 3 is 2.29 bits per heavy atom. The zero-order chi connectivity index (χ0) is 15.5. The van der Waals surface area contributed by atoms with Gasteiger partial charge in [-0.3, -0.25) is 11.3 Å². The molecular formula is C18H31FN2. The van der Waals surface area contributed by atoms with Crippen molar-refractivity contribution in [2.24, 2.45) is 5.84 Å². The van der Waals surface area contributed by atoms with E-state index >= 15 is 0 Å². The summed E-state index contributed by atoms with van der Waals surface area (Å²) in [5.74, 6) is 5.44. The van der Waals surface area contributed by atoms with Crippen molar-refractivity contribution >= 4 is 0 Å². The maximum atomic E-state index is 13.9. The van der Waals surface area contributed by atoms with Crippen molar-refractivity contribution in [2.75, 3.05) is 0 Å². The third-order valence-electron chi connectivity index (χ3n) is 4.07. The lowest BCUT2D eigenvalue weighted by Crippen LogP contribution is -2.28. The first kappa shape index (κ1) is 18.1. The molecule has 0 saturated carbocycles. The molecule has 120 valence electrons. The second-order valence-corrected chi connectivity index (χ2v) is 6.01. The highest BCUT2D eigenvalue weighted by atomic mass is 19.1. The average molecular weight is 294 g/mol. The Kier molecular flexibility index (Phi) is 9.27. The Hall–Kier alpha value is -0.930. The molecule has 0 radical (unpaired) electrons. The van der Waals surface area contributed by atoms with Gasteiger partial charge in [0.2, 0.25) is 0 Å². The molecule has 0 aromatic heterocycles. The Labute approximate surface area is 129 Å². The molecule has 0 heterocycles. The Balaban J connectivity index is 2.27. The number of nitrogens with one attached hydrogen (secondary N) is 1. The predicted molar refractivity (Wildman–Crippen MR) is 88.4 cm³/mol. The fourth-order valence-corrected chi connectivity index (χ4v) is 2.74. The average Bonchev–Trinajstić information content (AvgIpc) is 2.49. The summed E-state index contributed by atoms with van der Waals surface area (Å²) in [4.78, 5) is 0. The van der Waals surface area contributed by atoms with Gasteiger partial charge in [-0.1, -0.05) is 76.0 Å². The van der Waals surface area contributed by atoms with E-state index in [2.05, 4.69) is 12.3 Å². The Morgan fingerprint density at radius 2 is 1.67 bits per heavy atom. The fraction of sp³-hybridized carbons (Fsp3) is 0.667. The third kappa shape index (κ3) is 7.05. The van der Waals surface area contributed by atoms with Gasteiger partial charge < -0.3 is 0 Å². The molecule has 0 bridgehead atoms. The van der Waals surface area contributed by atoms with Gasteiger partial charge in [0.25, 0.3) is 0 Å². The number of hydrogen-bond acceptors (Lipinski definition) is 2. The van der Waals surface area contributed by atoms with Crippen molar-refractivity contribution in [2.45, 2.75) is 77.7 Å². The summed E-state index contributed by atoms with van der Waals surface area (Å²) < 4.78 is 13.9. The third-order valence-corrected chi connectivity index (χ3v) is 4.07. The molecule has 0 amide bonds. The molecule has 0 aliphatic rings. The van der Waals surface area contributed by atoms with Gasteiger partial charge in [-0.05, 0) is 19.4 Å². The lowest BCUT2D eigenvalue weighted by atomic mass is 9.98. The summed E-state index contributed by atoms with van der Waals surface area (Å²) in [5.41, 5.74) is 4.53. The van der Waals surface area contributed by atoms with Gasteiger partial charge in [0, 0.05) is 11.6 Å². The minimum atomic E-state index is -0.164. The molecule has 3 N–H and O–H groups in total. The number of aryl methyl sites for hydroxylation is 1. The van der Waals surface area contributed by atoms with E-state index in [1.165, 1.54) is 51.0 Å². The van der Waals surface area contributed by atoms with Crippen molar-refractivity contribution in [3.63, 3.8) is 0 Å². The van der Waals surface area contributed by atoms with Crippen molar-refractivity contribution in [3.8, 4) is 0 Å². The molecule has 1 atom stereocenters. The van der Waals surface area contributed by atoms with Crippen LogP contribution in [0.2, 0.25) is 0 Å². The minimum absolute atomic E-state index is 0.0787. The highest BCUT2D eigenvalue weighted by Gasteiger charge is 2.14. The number of hydrogen-bond donors (Lipinski definition) is 2. The highest BCUT2D eigenvalue weighted by molar-refractivity contribution is 5.26. The van der Waals surface area contributed by atoms with Gasteiger partial charge in [-0.15, -0.1) is 0 Å². The van der Waals surface area contributed by atoms with E-state index in [4.69, 9.17) is 5.84 Å². The highest BCUT2D eigenvalue weighted by Crippen LogP contribution is 2.23. The van der Waals surface area contributed by atoms with Crippen LogP contribution >= 0.6 is 0 Å². The van der Waals surface area contributed by atoms with Gasteiger partial charge in [-0.2, -0.15) is 0 Å². The van der Waals surface area contributed by atoms with Crippen LogP contribution in [-0.4, -0.2) is 0 Å². The largest absolute Gasteiger partial charge is 0.271 e. The van der Waals surface area contributed by atoms with Crippen LogP contribution < -0.4 is 11.3 Å². The normalized spacial score (nSPS) is 12.6. The molecule has 0 fully saturated rings. The van der Waals surface area contributed by atoms with Crippen molar-refractivity contribution in [1.29, 1.82) is 0 Å². The number of rotatable bonds is 11. The van der Waals surface area contributed by atoms with Crippen LogP contribution in [0.15, 0.2) is 18.2 Å². The second-order valence-electron chi connectivity index (χ2n) is 6.01. The standard InChI is InChI=1S/C18H31FN2/c1-3-4-5-6-7-8-9-10-11-18(21-20)16-14-15(2)12-13-17(16)19/h12-14,18,21H,3-11,20H2,1-2H3. The van der Waals surface area contributed by atoms with Crippen LogP contribution in [0.3, 0.4) is 0 Å². The molecule has 2 nitrogen and oxygen atoms in total. The number of benzene rings is 1. The summed E-state index contributed by atoms with van der Waals surface area (Å²) in [6.07, 6.45) is 11.1. The summed E-state index contributed by atoms with van der Waals surface area (Å²) in [6.45, 7) is 4.22. The van der Waals surface area contributed by atoms with Gasteiger partial charge in [-0.25, -0.2) is 4.39 Å². The van der Waals surface area contributed by atoms with Crippen LogP contribution in [0.4, 0.5) is 4.39 Å². The summed E-state index contributed by atoms with van der Waals surface area (Å²) in [5, 5.41) is 0. The smallest absolute Gasteiger partial charge is 0.128 e. The maximum absolute atomic E-state index is 13.9. The first-order valence-electron chi connectivity index (χ1n) is 8.41. The van der Waals surface area contributed by atoms with Gasteiger partial charge in [0.15, 0.2) is 0 Å². The van der Waals surface area contributed by atoms with E-state index in [9.17, 15) is 4.39 Å². The van der Waals surface area contributed by atoms with Gasteiger partial charge in [0.05, 0.1) is 0 Å². The number of halogens is 1. The van der Waals surface area contributed by atoms with E-state index in [1.807, 2.05) is 13.0 Å². The summed E-state index contributed by atoms with van der Waals surface area (Å²) >= 11 is 0. The van der Waals surface area contributed by atoms with Crippen LogP contribution in [0.5, 0.6) is 0 Å². The van der Waals surface area contributed by atoms with Crippen molar-refractivity contribution in [1.82, 2.24) is 5.43 Å². The first-order chi connectivity index (χ1) is 10.2. The minimum Gasteiger partial charge on any atom is -0.271 e. The SMILES string of the molecule is CCCCCCCCCCC(NN)c1cc(C)ccc1F. The molecule has 0 spiro atoms. The molecule has 0 saturated heterocycles. The number of unbranched alkanes of at least 4 members (excludes halogenated alkanes) is 7. The van der Waals surface area contributed by atoms with Crippen LogP contribution in [0.25, 0.3) is 0 Å². The van der Waals surface area contributed by atoms with Crippen LogP contribution in [-0.2, 0) is 0 Å². The topological polar surface area (TPSA) is 38.0 Å². The first-order valence-corrected chi connectivity index (χ1v) is 8.41. The maximum Gasteiger partial charge on any atom is 0.128 e. The van der Waals surface area contributed by atoms with Crippen LogP contribution in [0.1, 0.15) is 81.9 Å². The number of hydrazine groups is 1. The molecule has 1 aromatic rings. The predicted octanol–water partition coefficient (Wildman–Crippen LogP) is 5.17. The quantitative estimate of drug-likeness (QED) is 0.336. The van der Waals surface area contributed by atoms with E-state index in [0.29, 0.717) is 5.56 Å². The lowest BCUT2D eigenvalue weighted by molar-refractivity contribution is 0.456. The molecule has 1 rings (SSSR count). The van der Waals surface area contributed by atoms with E-state index < -0.39 is 0 Å². The molecule has 1 unspecified atom stereocenters. The van der Waals surface area contributed by atoms with Crippen molar-refractivity contribution in [3.05, 3.63) is 35.1 Å².